The monoisotopic (exact) mass is 438 g/mol. The fraction of sp³-hybridized carbons (Fsp3) is 0.800. The molecule has 3 aliphatic rings. The van der Waals surface area contributed by atoms with Crippen LogP contribution in [0.15, 0.2) is 30.3 Å². The van der Waals surface area contributed by atoms with Gasteiger partial charge in [-0.15, -0.1) is 0 Å². The average Bonchev–Trinajstić information content (AvgIpc) is 2.86. The van der Waals surface area contributed by atoms with Gasteiger partial charge in [0.25, 0.3) is 0 Å². The molecule has 2 heteroatoms. The van der Waals surface area contributed by atoms with E-state index in [9.17, 15) is 0 Å². The number of hydrogen-bond donors (Lipinski definition) is 0. The van der Waals surface area contributed by atoms with Crippen LogP contribution >= 0.6 is 0 Å². The summed E-state index contributed by atoms with van der Waals surface area (Å²) >= 11 is 0. The van der Waals surface area contributed by atoms with Crippen LogP contribution in [0, 0.1) is 11.8 Å². The van der Waals surface area contributed by atoms with E-state index in [1.54, 1.807) is 5.56 Å². The minimum atomic E-state index is 0.814. The van der Waals surface area contributed by atoms with Crippen molar-refractivity contribution in [3.8, 4) is 0 Å². The maximum atomic E-state index is 2.77. The fourth-order valence-electron chi connectivity index (χ4n) is 6.89. The van der Waals surface area contributed by atoms with E-state index in [0.29, 0.717) is 0 Å². The van der Waals surface area contributed by atoms with Crippen LogP contribution in [0.25, 0.3) is 0 Å². The van der Waals surface area contributed by atoms with Gasteiger partial charge in [0.15, 0.2) is 0 Å². The third-order valence-electron chi connectivity index (χ3n) is 8.89. The molecule has 0 amide bonds. The first-order chi connectivity index (χ1) is 15.9. The lowest BCUT2D eigenvalue weighted by Crippen LogP contribution is -2.48. The molecule has 1 aromatic rings. The zero-order valence-corrected chi connectivity index (χ0v) is 20.9. The van der Waals surface area contributed by atoms with Crippen molar-refractivity contribution in [1.29, 1.82) is 0 Å². The molecule has 2 nitrogen and oxygen atoms in total. The molecule has 0 N–H and O–H groups in total. The quantitative estimate of drug-likeness (QED) is 0.330. The molecule has 0 aromatic heterocycles. The van der Waals surface area contributed by atoms with Crippen LogP contribution in [-0.4, -0.2) is 49.1 Å². The molecule has 1 aromatic carbocycles. The van der Waals surface area contributed by atoms with Crippen molar-refractivity contribution in [1.82, 2.24) is 9.80 Å². The largest absolute Gasteiger partial charge is 0.301 e. The van der Waals surface area contributed by atoms with Crippen molar-refractivity contribution in [2.75, 3.05) is 39.3 Å². The molecule has 1 aliphatic heterocycles. The van der Waals surface area contributed by atoms with Crippen molar-refractivity contribution >= 4 is 0 Å². The topological polar surface area (TPSA) is 6.48 Å². The maximum absolute atomic E-state index is 2.77. The molecule has 32 heavy (non-hydrogen) atoms. The van der Waals surface area contributed by atoms with Crippen LogP contribution in [0.4, 0.5) is 0 Å². The Labute approximate surface area is 199 Å². The van der Waals surface area contributed by atoms with Gasteiger partial charge < -0.3 is 9.80 Å². The van der Waals surface area contributed by atoms with Crippen LogP contribution in [0.2, 0.25) is 0 Å². The summed E-state index contributed by atoms with van der Waals surface area (Å²) in [6.45, 7) is 7.97. The first kappa shape index (κ1) is 24.3. The summed E-state index contributed by atoms with van der Waals surface area (Å²) in [6, 6.07) is 11.5. The van der Waals surface area contributed by atoms with E-state index in [2.05, 4.69) is 40.1 Å². The van der Waals surface area contributed by atoms with Crippen LogP contribution in [0.1, 0.15) is 108 Å². The molecule has 0 spiro atoms. The van der Waals surface area contributed by atoms with Gasteiger partial charge in [-0.1, -0.05) is 88.1 Å². The van der Waals surface area contributed by atoms with Crippen LogP contribution in [0.5, 0.6) is 0 Å². The number of nitrogens with zero attached hydrogens (tertiary/aromatic N) is 2. The standard InChI is InChI=1S/C30H50N2/c1(12-20-30(28-16-8-4-9-17-28)29-18-10-5-11-19-29)2-13-21-31-22-24-32(25-23-31)26-27-14-6-3-7-15-27/h4,8-9,16-17,27,29-30H,1-3,5-7,10-15,18-26H2. The van der Waals surface area contributed by atoms with Gasteiger partial charge in [0.2, 0.25) is 0 Å². The predicted octanol–water partition coefficient (Wildman–Crippen LogP) is 7.50. The molecule has 1 atom stereocenters. The van der Waals surface area contributed by atoms with E-state index in [1.807, 2.05) is 0 Å². The number of unbranched alkanes of at least 4 members (excludes halogenated alkanes) is 3. The average molecular weight is 439 g/mol. The van der Waals surface area contributed by atoms with E-state index >= 15 is 0 Å². The number of hydrogen-bond acceptors (Lipinski definition) is 2. The first-order valence-electron chi connectivity index (χ1n) is 14.4. The molecular weight excluding hydrogens is 388 g/mol. The van der Waals surface area contributed by atoms with Gasteiger partial charge in [-0.05, 0) is 68.4 Å². The normalized spacial score (nSPS) is 23.4. The second-order valence-corrected chi connectivity index (χ2v) is 11.3. The Morgan fingerprint density at radius 3 is 2.00 bits per heavy atom. The molecule has 2 saturated carbocycles. The first-order valence-corrected chi connectivity index (χ1v) is 14.4. The lowest BCUT2D eigenvalue weighted by atomic mass is 9.74. The third-order valence-corrected chi connectivity index (χ3v) is 8.89. The van der Waals surface area contributed by atoms with Gasteiger partial charge in [-0.25, -0.2) is 0 Å². The van der Waals surface area contributed by atoms with Gasteiger partial charge in [-0.3, -0.25) is 0 Å². The van der Waals surface area contributed by atoms with E-state index < -0.39 is 0 Å². The number of rotatable bonds is 11. The van der Waals surface area contributed by atoms with Crippen LogP contribution < -0.4 is 0 Å². The van der Waals surface area contributed by atoms with Gasteiger partial charge >= 0.3 is 0 Å². The lowest BCUT2D eigenvalue weighted by molar-refractivity contribution is 0.108. The summed E-state index contributed by atoms with van der Waals surface area (Å²) in [5.74, 6) is 2.76. The highest BCUT2D eigenvalue weighted by Gasteiger charge is 2.25. The highest BCUT2D eigenvalue weighted by Crippen LogP contribution is 2.39. The molecule has 180 valence electrons. The lowest BCUT2D eigenvalue weighted by Gasteiger charge is -2.37. The number of piperazine rings is 1. The SMILES string of the molecule is c1ccc(C(CCCCCCN2CCN(CC3CCCCC3)CC2)C2CCCCC2)cc1. The Bertz CT molecular complexity index is 595. The minimum Gasteiger partial charge on any atom is -0.301 e. The summed E-state index contributed by atoms with van der Waals surface area (Å²) in [4.78, 5) is 5.51. The Kier molecular flexibility index (Phi) is 10.4. The Morgan fingerprint density at radius 1 is 0.656 bits per heavy atom. The van der Waals surface area contributed by atoms with Crippen LogP contribution in [0.3, 0.4) is 0 Å². The molecule has 0 radical (unpaired) electrons. The fourth-order valence-corrected chi connectivity index (χ4v) is 6.89. The van der Waals surface area contributed by atoms with Crippen molar-refractivity contribution in [3.63, 3.8) is 0 Å². The Hall–Kier alpha value is -0.860. The summed E-state index contributed by atoms with van der Waals surface area (Å²) in [5, 5.41) is 0. The predicted molar refractivity (Wildman–Crippen MR) is 138 cm³/mol. The van der Waals surface area contributed by atoms with Gasteiger partial charge in [0, 0.05) is 32.7 Å². The summed E-state index contributed by atoms with van der Waals surface area (Å²) in [7, 11) is 0. The van der Waals surface area contributed by atoms with Crippen LogP contribution in [-0.2, 0) is 0 Å². The summed E-state index contributed by atoms with van der Waals surface area (Å²) in [5.41, 5.74) is 1.62. The van der Waals surface area contributed by atoms with E-state index in [1.165, 1.54) is 136 Å². The van der Waals surface area contributed by atoms with Crippen molar-refractivity contribution in [2.45, 2.75) is 102 Å². The van der Waals surface area contributed by atoms with Gasteiger partial charge in [0.05, 0.1) is 0 Å². The highest BCUT2D eigenvalue weighted by molar-refractivity contribution is 5.20. The third kappa shape index (κ3) is 7.87. The van der Waals surface area contributed by atoms with E-state index in [4.69, 9.17) is 0 Å². The molecule has 0 bridgehead atoms. The molecule has 1 saturated heterocycles. The molecule has 4 rings (SSSR count). The highest BCUT2D eigenvalue weighted by atomic mass is 15.3. The number of benzene rings is 1. The maximum Gasteiger partial charge on any atom is 0.0110 e. The summed E-state index contributed by atoms with van der Waals surface area (Å²) in [6.07, 6.45) is 21.8. The van der Waals surface area contributed by atoms with Gasteiger partial charge in [-0.2, -0.15) is 0 Å². The molecule has 1 unspecified atom stereocenters. The molecular formula is C30H50N2. The summed E-state index contributed by atoms with van der Waals surface area (Å²) < 4.78 is 0. The van der Waals surface area contributed by atoms with Crippen molar-refractivity contribution in [2.24, 2.45) is 11.8 Å². The second-order valence-electron chi connectivity index (χ2n) is 11.3. The smallest absolute Gasteiger partial charge is 0.0110 e. The molecule has 3 fully saturated rings. The van der Waals surface area contributed by atoms with E-state index in [0.717, 1.165) is 17.8 Å². The van der Waals surface area contributed by atoms with E-state index in [-0.39, 0.29) is 0 Å². The Balaban J connectivity index is 1.08. The minimum absolute atomic E-state index is 0.814. The zero-order chi connectivity index (χ0) is 21.8. The molecule has 2 aliphatic carbocycles. The Morgan fingerprint density at radius 2 is 1.28 bits per heavy atom. The van der Waals surface area contributed by atoms with Crippen molar-refractivity contribution < 1.29 is 0 Å². The zero-order valence-electron chi connectivity index (χ0n) is 20.9. The second kappa shape index (κ2) is 13.8. The van der Waals surface area contributed by atoms with Crippen molar-refractivity contribution in [3.05, 3.63) is 35.9 Å². The van der Waals surface area contributed by atoms with Gasteiger partial charge in [0.1, 0.15) is 0 Å². The molecule has 1 heterocycles.